The number of rotatable bonds is 6. The van der Waals surface area contributed by atoms with E-state index in [9.17, 15) is 29.4 Å². The van der Waals surface area contributed by atoms with E-state index in [-0.39, 0.29) is 17.1 Å². The smallest absolute Gasteiger partial charge is 0.417 e. The van der Waals surface area contributed by atoms with Crippen LogP contribution < -0.4 is 26.1 Å². The van der Waals surface area contributed by atoms with Crippen LogP contribution in [0.5, 0.6) is 11.5 Å². The number of aromatic carboxylic acids is 2. The van der Waals surface area contributed by atoms with Crippen molar-refractivity contribution in [1.82, 2.24) is 4.98 Å². The molecule has 0 saturated heterocycles. The zero-order chi connectivity index (χ0) is 23.4. The Bertz CT molecular complexity index is 1270. The largest absolute Gasteiger partial charge is 0.493 e. The molecule has 0 aliphatic heterocycles. The number of hydrogen-bond acceptors (Lipinski definition) is 7. The van der Waals surface area contributed by atoms with E-state index in [0.717, 1.165) is 0 Å². The number of nitrogen functional groups attached to an aromatic ring is 1. The predicted molar refractivity (Wildman–Crippen MR) is 113 cm³/mol. The second-order valence-electron chi connectivity index (χ2n) is 6.35. The highest BCUT2D eigenvalue weighted by Crippen LogP contribution is 2.36. The minimum atomic E-state index is -1.65. The van der Waals surface area contributed by atoms with Crippen LogP contribution >= 0.6 is 0 Å². The quantitative estimate of drug-likeness (QED) is 0.385. The van der Waals surface area contributed by atoms with Crippen LogP contribution in [0.4, 0.5) is 16.3 Å². The van der Waals surface area contributed by atoms with Crippen molar-refractivity contribution < 1.29 is 34.1 Å². The van der Waals surface area contributed by atoms with E-state index in [1.807, 2.05) is 4.98 Å². The summed E-state index contributed by atoms with van der Waals surface area (Å²) < 4.78 is 10.4. The summed E-state index contributed by atoms with van der Waals surface area (Å²) in [6.07, 6.45) is -0.819. The van der Waals surface area contributed by atoms with Crippen molar-refractivity contribution in [2.45, 2.75) is 0 Å². The molecule has 2 aromatic carbocycles. The Labute approximate surface area is 180 Å². The molecule has 0 radical (unpaired) electrons. The van der Waals surface area contributed by atoms with Gasteiger partial charge in [0.1, 0.15) is 16.9 Å². The van der Waals surface area contributed by atoms with E-state index < -0.39 is 46.1 Å². The molecule has 0 saturated carbocycles. The minimum absolute atomic E-state index is 0.00488. The first-order valence-corrected chi connectivity index (χ1v) is 8.97. The molecule has 3 rings (SSSR count). The fraction of sp³-hybridized carbons (Fsp3) is 0.0476. The molecule has 0 spiro atoms. The molecule has 6 N–H and O–H groups in total. The molecular weight excluding hydrogens is 422 g/mol. The number of carboxylic acids is 2. The number of H-pyrrole nitrogens is 1. The molecule has 0 bridgehead atoms. The number of benzene rings is 2. The number of anilines is 2. The standard InChI is InChI=1S/C21H17N3O8/c1-31-13-9-10(7-8-12(13)32-21(30)23-11-5-3-2-4-6-11)14-15(19(26)27)17(22)24-18(25)16(14)20(28)29/h2-9H,1H3,(H,23,30)(H,26,27)(H,28,29)(H3,22,24,25). The number of hydrogen-bond donors (Lipinski definition) is 5. The van der Waals surface area contributed by atoms with Crippen molar-refractivity contribution >= 4 is 29.5 Å². The topological polar surface area (TPSA) is 181 Å². The molecule has 0 atom stereocenters. The number of nitrogens with two attached hydrogens (primary N) is 1. The number of nitrogens with one attached hydrogen (secondary N) is 2. The Morgan fingerprint density at radius 1 is 0.969 bits per heavy atom. The van der Waals surface area contributed by atoms with Gasteiger partial charge in [-0.05, 0) is 29.8 Å². The lowest BCUT2D eigenvalue weighted by Crippen LogP contribution is -2.24. The maximum Gasteiger partial charge on any atom is 0.417 e. The molecule has 32 heavy (non-hydrogen) atoms. The lowest BCUT2D eigenvalue weighted by Gasteiger charge is -2.15. The highest BCUT2D eigenvalue weighted by atomic mass is 16.6. The average molecular weight is 439 g/mol. The number of carboxylic acid groups (broad SMARTS) is 2. The van der Waals surface area contributed by atoms with Gasteiger partial charge in [0.2, 0.25) is 0 Å². The van der Waals surface area contributed by atoms with Gasteiger partial charge in [0.05, 0.1) is 7.11 Å². The van der Waals surface area contributed by atoms with Crippen molar-refractivity contribution in [3.05, 3.63) is 70.0 Å². The van der Waals surface area contributed by atoms with Gasteiger partial charge < -0.3 is 30.4 Å². The summed E-state index contributed by atoms with van der Waals surface area (Å²) in [5.41, 5.74) is 3.23. The van der Waals surface area contributed by atoms with E-state index in [4.69, 9.17) is 15.2 Å². The predicted octanol–water partition coefficient (Wildman–Crippen LogP) is 2.64. The molecule has 3 aromatic rings. The first-order chi connectivity index (χ1) is 15.2. The van der Waals surface area contributed by atoms with E-state index in [1.54, 1.807) is 30.3 Å². The highest BCUT2D eigenvalue weighted by molar-refractivity contribution is 6.07. The van der Waals surface area contributed by atoms with Crippen molar-refractivity contribution in [3.63, 3.8) is 0 Å². The first-order valence-electron chi connectivity index (χ1n) is 8.97. The number of pyridine rings is 1. The van der Waals surface area contributed by atoms with Gasteiger partial charge in [-0.2, -0.15) is 0 Å². The summed E-state index contributed by atoms with van der Waals surface area (Å²) in [4.78, 5) is 49.8. The zero-order valence-electron chi connectivity index (χ0n) is 16.5. The molecule has 1 amide bonds. The van der Waals surface area contributed by atoms with Gasteiger partial charge in [-0.1, -0.05) is 24.3 Å². The summed E-state index contributed by atoms with van der Waals surface area (Å²) in [7, 11) is 1.27. The second kappa shape index (κ2) is 8.92. The highest BCUT2D eigenvalue weighted by Gasteiger charge is 2.27. The van der Waals surface area contributed by atoms with E-state index in [0.29, 0.717) is 5.69 Å². The molecule has 0 unspecified atom stereocenters. The molecule has 0 aliphatic rings. The van der Waals surface area contributed by atoms with E-state index in [1.165, 1.54) is 25.3 Å². The Morgan fingerprint density at radius 3 is 2.22 bits per heavy atom. The fourth-order valence-electron chi connectivity index (χ4n) is 3.01. The summed E-state index contributed by atoms with van der Waals surface area (Å²) in [6.45, 7) is 0. The third-order valence-electron chi connectivity index (χ3n) is 4.35. The van der Waals surface area contributed by atoms with Gasteiger partial charge in [0.15, 0.2) is 11.5 Å². The third kappa shape index (κ3) is 4.36. The number of aromatic amines is 1. The lowest BCUT2D eigenvalue weighted by atomic mass is 9.95. The van der Waals surface area contributed by atoms with E-state index in [2.05, 4.69) is 5.32 Å². The third-order valence-corrected chi connectivity index (χ3v) is 4.35. The molecule has 1 aromatic heterocycles. The van der Waals surface area contributed by atoms with Gasteiger partial charge in [0, 0.05) is 11.3 Å². The number of carbonyl (C=O) groups is 3. The molecular formula is C21H17N3O8. The summed E-state index contributed by atoms with van der Waals surface area (Å²) >= 11 is 0. The number of amides is 1. The van der Waals surface area contributed by atoms with Gasteiger partial charge in [-0.25, -0.2) is 14.4 Å². The number of carbonyl (C=O) groups excluding carboxylic acids is 1. The monoisotopic (exact) mass is 439 g/mol. The fourth-order valence-corrected chi connectivity index (χ4v) is 3.01. The summed E-state index contributed by atoms with van der Waals surface area (Å²) in [5.74, 6) is -3.75. The van der Waals surface area contributed by atoms with Crippen LogP contribution in [-0.2, 0) is 0 Å². The normalized spacial score (nSPS) is 10.3. The summed E-state index contributed by atoms with van der Waals surface area (Å²) in [6, 6.07) is 12.3. The van der Waals surface area contributed by atoms with Crippen molar-refractivity contribution in [3.8, 4) is 22.6 Å². The average Bonchev–Trinajstić information content (AvgIpc) is 2.73. The number of para-hydroxylation sites is 1. The Balaban J connectivity index is 2.06. The van der Waals surface area contributed by atoms with E-state index >= 15 is 0 Å². The zero-order valence-corrected chi connectivity index (χ0v) is 16.5. The number of aromatic nitrogens is 1. The Kier molecular flexibility index (Phi) is 6.10. The van der Waals surface area contributed by atoms with Crippen LogP contribution in [-0.4, -0.2) is 40.3 Å². The molecule has 164 valence electrons. The van der Waals surface area contributed by atoms with Crippen LogP contribution in [0.25, 0.3) is 11.1 Å². The van der Waals surface area contributed by atoms with Crippen LogP contribution in [0.1, 0.15) is 20.7 Å². The molecule has 11 nitrogen and oxygen atoms in total. The van der Waals surface area contributed by atoms with Gasteiger partial charge in [-0.3, -0.25) is 10.1 Å². The Hall–Kier alpha value is -4.80. The van der Waals surface area contributed by atoms with Crippen LogP contribution in [0.2, 0.25) is 0 Å². The SMILES string of the molecule is COc1cc(-c2c(C(=O)O)c(N)[nH]c(=O)c2C(=O)O)ccc1OC(=O)Nc1ccccc1. The van der Waals surface area contributed by atoms with Gasteiger partial charge in [-0.15, -0.1) is 0 Å². The number of methoxy groups -OCH3 is 1. The second-order valence-corrected chi connectivity index (χ2v) is 6.35. The van der Waals surface area contributed by atoms with Crippen molar-refractivity contribution in [2.75, 3.05) is 18.2 Å². The molecule has 0 aliphatic carbocycles. The van der Waals surface area contributed by atoms with Crippen LogP contribution in [0, 0.1) is 0 Å². The molecule has 0 fully saturated rings. The van der Waals surface area contributed by atoms with Crippen molar-refractivity contribution in [1.29, 1.82) is 0 Å². The van der Waals surface area contributed by atoms with Gasteiger partial charge in [0.25, 0.3) is 5.56 Å². The lowest BCUT2D eigenvalue weighted by molar-refractivity contribution is 0.0695. The maximum absolute atomic E-state index is 12.2. The minimum Gasteiger partial charge on any atom is -0.493 e. The van der Waals surface area contributed by atoms with Crippen molar-refractivity contribution in [2.24, 2.45) is 0 Å². The summed E-state index contributed by atoms with van der Waals surface area (Å²) in [5, 5.41) is 21.5. The number of ether oxygens (including phenoxy) is 2. The first kappa shape index (κ1) is 21.9. The molecule has 1 heterocycles. The van der Waals surface area contributed by atoms with Gasteiger partial charge >= 0.3 is 18.0 Å². The maximum atomic E-state index is 12.2. The van der Waals surface area contributed by atoms with Crippen LogP contribution in [0.15, 0.2) is 53.3 Å². The Morgan fingerprint density at radius 2 is 1.62 bits per heavy atom. The molecule has 11 heteroatoms. The van der Waals surface area contributed by atoms with Crippen LogP contribution in [0.3, 0.4) is 0 Å².